The second-order valence-electron chi connectivity index (χ2n) is 4.69. The lowest BCUT2D eigenvalue weighted by Crippen LogP contribution is -2.16. The van der Waals surface area contributed by atoms with Crippen LogP contribution in [0.25, 0.3) is 0 Å². The van der Waals surface area contributed by atoms with Crippen molar-refractivity contribution in [1.82, 2.24) is 0 Å². The van der Waals surface area contributed by atoms with Gasteiger partial charge in [-0.2, -0.15) is 0 Å². The molecule has 1 fully saturated rings. The molecule has 0 atom stereocenters. The molecule has 1 aliphatic carbocycles. The normalized spacial score (nSPS) is 15.6. The van der Waals surface area contributed by atoms with Crippen molar-refractivity contribution in [3.63, 3.8) is 0 Å². The number of hydrogen-bond acceptors (Lipinski definition) is 2. The summed E-state index contributed by atoms with van der Waals surface area (Å²) in [5, 5.41) is 0. The maximum Gasteiger partial charge on any atom is 0.188 e. The predicted octanol–water partition coefficient (Wildman–Crippen LogP) is 3.56. The Morgan fingerprint density at radius 2 is 2.12 bits per heavy atom. The third kappa shape index (κ3) is 2.95. The molecule has 2 heteroatoms. The molecule has 0 radical (unpaired) electrons. The quantitative estimate of drug-likeness (QED) is 0.553. The molecule has 0 N–H and O–H groups in total. The van der Waals surface area contributed by atoms with Crippen LogP contribution in [-0.2, 0) is 4.74 Å². The van der Waals surface area contributed by atoms with Crippen molar-refractivity contribution in [3.8, 4) is 0 Å². The molecule has 0 aromatic heterocycles. The molecule has 0 heterocycles. The zero-order chi connectivity index (χ0) is 12.1. The Balaban J connectivity index is 2.05. The first-order valence-electron chi connectivity index (χ1n) is 6.52. The van der Waals surface area contributed by atoms with E-state index in [1.165, 1.54) is 24.8 Å². The van der Waals surface area contributed by atoms with Gasteiger partial charge in [0.15, 0.2) is 5.78 Å². The van der Waals surface area contributed by atoms with Crippen LogP contribution in [0.1, 0.15) is 54.4 Å². The monoisotopic (exact) mass is 232 g/mol. The van der Waals surface area contributed by atoms with Gasteiger partial charge in [-0.15, -0.1) is 0 Å². The van der Waals surface area contributed by atoms with E-state index in [1.54, 1.807) is 0 Å². The van der Waals surface area contributed by atoms with Gasteiger partial charge in [-0.25, -0.2) is 0 Å². The Bertz CT molecular complexity index is 380. The van der Waals surface area contributed by atoms with Gasteiger partial charge in [-0.1, -0.05) is 37.6 Å². The van der Waals surface area contributed by atoms with Crippen molar-refractivity contribution in [2.24, 2.45) is 0 Å². The van der Waals surface area contributed by atoms with Crippen molar-refractivity contribution >= 4 is 5.78 Å². The largest absolute Gasteiger partial charge is 0.373 e. The van der Waals surface area contributed by atoms with Crippen LogP contribution in [0, 0.1) is 0 Å². The zero-order valence-corrected chi connectivity index (χ0v) is 10.4. The average molecular weight is 232 g/mol. The van der Waals surface area contributed by atoms with Gasteiger partial charge in [0.1, 0.15) is 6.61 Å². The number of hydrogen-bond donors (Lipinski definition) is 0. The molecule has 2 nitrogen and oxygen atoms in total. The zero-order valence-electron chi connectivity index (χ0n) is 10.4. The van der Waals surface area contributed by atoms with Crippen LogP contribution in [0.4, 0.5) is 0 Å². The van der Waals surface area contributed by atoms with Crippen LogP contribution < -0.4 is 0 Å². The summed E-state index contributed by atoms with van der Waals surface area (Å²) in [5.74, 6) is 0.724. The maximum absolute atomic E-state index is 12.1. The smallest absolute Gasteiger partial charge is 0.188 e. The Labute approximate surface area is 103 Å². The third-order valence-electron chi connectivity index (χ3n) is 3.39. The van der Waals surface area contributed by atoms with Gasteiger partial charge in [0.25, 0.3) is 0 Å². The van der Waals surface area contributed by atoms with E-state index >= 15 is 0 Å². The summed E-state index contributed by atoms with van der Waals surface area (Å²) in [6, 6.07) is 7.99. The van der Waals surface area contributed by atoms with E-state index in [9.17, 15) is 4.79 Å². The summed E-state index contributed by atoms with van der Waals surface area (Å²) >= 11 is 0. The fourth-order valence-electron chi connectivity index (χ4n) is 2.21. The lowest BCUT2D eigenvalue weighted by molar-refractivity contribution is 0.0759. The summed E-state index contributed by atoms with van der Waals surface area (Å²) in [6.45, 7) is 2.93. The van der Waals surface area contributed by atoms with E-state index < -0.39 is 0 Å². The summed E-state index contributed by atoms with van der Waals surface area (Å²) in [7, 11) is 0. The molecule has 2 rings (SSSR count). The van der Waals surface area contributed by atoms with Gasteiger partial charge in [0.05, 0.1) is 0 Å². The fraction of sp³-hybridized carbons (Fsp3) is 0.533. The molecule has 17 heavy (non-hydrogen) atoms. The number of ether oxygens (including phenoxy) is 1. The molecule has 1 aliphatic rings. The molecule has 0 saturated heterocycles. The molecule has 0 bridgehead atoms. The Morgan fingerprint density at radius 3 is 2.76 bits per heavy atom. The van der Waals surface area contributed by atoms with Gasteiger partial charge < -0.3 is 4.74 Å². The van der Waals surface area contributed by atoms with Crippen LogP contribution >= 0.6 is 0 Å². The number of carbonyl (C=O) groups excluding carboxylic acids is 1. The minimum absolute atomic E-state index is 0.126. The van der Waals surface area contributed by atoms with E-state index in [2.05, 4.69) is 6.07 Å². The molecule has 0 amide bonds. The van der Waals surface area contributed by atoms with E-state index in [0.29, 0.717) is 12.5 Å². The number of rotatable bonds is 6. The highest BCUT2D eigenvalue weighted by atomic mass is 16.5. The summed E-state index contributed by atoms with van der Waals surface area (Å²) in [6.07, 6.45) is 4.69. The molecular formula is C15H20O2. The van der Waals surface area contributed by atoms with Crippen LogP contribution in [-0.4, -0.2) is 19.0 Å². The molecule has 1 aromatic carbocycles. The highest BCUT2D eigenvalue weighted by Gasteiger charge is 2.23. The Kier molecular flexibility index (Phi) is 4.32. The predicted molar refractivity (Wildman–Crippen MR) is 68.5 cm³/mol. The summed E-state index contributed by atoms with van der Waals surface area (Å²) < 4.78 is 5.34. The van der Waals surface area contributed by atoms with Crippen LogP contribution in [0.15, 0.2) is 24.3 Å². The van der Waals surface area contributed by atoms with Gasteiger partial charge in [-0.05, 0) is 30.7 Å². The molecular weight excluding hydrogens is 212 g/mol. The lowest BCUT2D eigenvalue weighted by Gasteiger charge is -2.27. The second kappa shape index (κ2) is 5.97. The van der Waals surface area contributed by atoms with Crippen molar-refractivity contribution in [2.75, 3.05) is 13.2 Å². The van der Waals surface area contributed by atoms with E-state index in [1.807, 2.05) is 25.1 Å². The minimum atomic E-state index is 0.126. The SMILES string of the molecule is CCCOCC(=O)c1ccccc1C1CCC1. The third-order valence-corrected chi connectivity index (χ3v) is 3.39. The summed E-state index contributed by atoms with van der Waals surface area (Å²) in [5.41, 5.74) is 2.09. The van der Waals surface area contributed by atoms with Crippen molar-refractivity contribution in [3.05, 3.63) is 35.4 Å². The van der Waals surface area contributed by atoms with E-state index in [-0.39, 0.29) is 12.4 Å². The van der Waals surface area contributed by atoms with Crippen molar-refractivity contribution < 1.29 is 9.53 Å². The van der Waals surface area contributed by atoms with Gasteiger partial charge in [0.2, 0.25) is 0 Å². The Hall–Kier alpha value is -1.15. The molecule has 0 spiro atoms. The molecule has 1 saturated carbocycles. The van der Waals surface area contributed by atoms with E-state index in [4.69, 9.17) is 4.74 Å². The topological polar surface area (TPSA) is 26.3 Å². The number of benzene rings is 1. The minimum Gasteiger partial charge on any atom is -0.373 e. The van der Waals surface area contributed by atoms with Gasteiger partial charge >= 0.3 is 0 Å². The lowest BCUT2D eigenvalue weighted by atomic mass is 9.77. The standard InChI is InChI=1S/C15H20O2/c1-2-10-17-11-15(16)14-9-4-3-8-13(14)12-6-5-7-12/h3-4,8-9,12H,2,5-7,10-11H2,1H3. The summed E-state index contributed by atoms with van der Waals surface area (Å²) in [4.78, 5) is 12.1. The van der Waals surface area contributed by atoms with Crippen LogP contribution in [0.3, 0.4) is 0 Å². The first-order chi connectivity index (χ1) is 8.33. The Morgan fingerprint density at radius 1 is 1.35 bits per heavy atom. The maximum atomic E-state index is 12.1. The highest BCUT2D eigenvalue weighted by molar-refractivity contribution is 5.98. The van der Waals surface area contributed by atoms with Crippen LogP contribution in [0.5, 0.6) is 0 Å². The number of Topliss-reactive ketones (excluding diaryl/α,β-unsaturated/α-hetero) is 1. The van der Waals surface area contributed by atoms with Crippen LogP contribution in [0.2, 0.25) is 0 Å². The first-order valence-corrected chi connectivity index (χ1v) is 6.52. The number of carbonyl (C=O) groups is 1. The van der Waals surface area contributed by atoms with Gasteiger partial charge in [0, 0.05) is 12.2 Å². The van der Waals surface area contributed by atoms with Gasteiger partial charge in [-0.3, -0.25) is 4.79 Å². The molecule has 0 aliphatic heterocycles. The average Bonchev–Trinajstić information content (AvgIpc) is 2.28. The fourth-order valence-corrected chi connectivity index (χ4v) is 2.21. The van der Waals surface area contributed by atoms with Crippen molar-refractivity contribution in [2.45, 2.75) is 38.5 Å². The molecule has 92 valence electrons. The molecule has 0 unspecified atom stereocenters. The van der Waals surface area contributed by atoms with Crippen molar-refractivity contribution in [1.29, 1.82) is 0 Å². The highest BCUT2D eigenvalue weighted by Crippen LogP contribution is 2.37. The molecule has 1 aromatic rings. The second-order valence-corrected chi connectivity index (χ2v) is 4.69. The van der Waals surface area contributed by atoms with E-state index in [0.717, 1.165) is 12.0 Å². The first kappa shape index (κ1) is 12.3. The number of ketones is 1.